The van der Waals surface area contributed by atoms with Gasteiger partial charge in [0, 0.05) is 0 Å². The molecule has 0 aliphatic carbocycles. The summed E-state index contributed by atoms with van der Waals surface area (Å²) in [5.41, 5.74) is 2.96. The summed E-state index contributed by atoms with van der Waals surface area (Å²) >= 11 is 0. The summed E-state index contributed by atoms with van der Waals surface area (Å²) in [6.07, 6.45) is 5.64. The van der Waals surface area contributed by atoms with Gasteiger partial charge >= 0.3 is 0 Å². The van der Waals surface area contributed by atoms with Crippen molar-refractivity contribution >= 4 is 11.6 Å². The van der Waals surface area contributed by atoms with Gasteiger partial charge < -0.3 is 4.98 Å². The van der Waals surface area contributed by atoms with Crippen LogP contribution in [0.5, 0.6) is 0 Å². The average molecular weight is 178 g/mol. The molecule has 0 amide bonds. The van der Waals surface area contributed by atoms with Crippen molar-refractivity contribution in [2.75, 3.05) is 0 Å². The Labute approximate surface area is 80.4 Å². The molecular formula is C11H18N2. The number of allylic oxidation sites excluding steroid dienone is 2. The fourth-order valence-corrected chi connectivity index (χ4v) is 0.938. The molecule has 0 unspecified atom stereocenters. The zero-order chi connectivity index (χ0) is 10.3. The highest BCUT2D eigenvalue weighted by atomic mass is 14.9. The largest absolute Gasteiger partial charge is 0.345 e. The predicted molar refractivity (Wildman–Crippen MR) is 59.4 cm³/mol. The van der Waals surface area contributed by atoms with Gasteiger partial charge in [-0.2, -0.15) is 0 Å². The van der Waals surface area contributed by atoms with E-state index in [0.29, 0.717) is 0 Å². The number of aromatic nitrogens is 2. The number of H-pyrrole nitrogens is 1. The summed E-state index contributed by atoms with van der Waals surface area (Å²) in [6, 6.07) is 0. The Kier molecular flexibility index (Phi) is 5.60. The van der Waals surface area contributed by atoms with E-state index in [9.17, 15) is 0 Å². The van der Waals surface area contributed by atoms with E-state index in [-0.39, 0.29) is 0 Å². The van der Waals surface area contributed by atoms with Gasteiger partial charge in [0.2, 0.25) is 0 Å². The zero-order valence-corrected chi connectivity index (χ0v) is 8.89. The lowest BCUT2D eigenvalue weighted by atomic mass is 10.2. The van der Waals surface area contributed by atoms with E-state index in [1.807, 2.05) is 39.8 Å². The molecule has 2 nitrogen and oxygen atoms in total. The number of nitrogens with zero attached hydrogens (tertiary/aromatic N) is 1. The molecule has 0 aromatic carbocycles. The molecule has 1 rings (SSSR count). The highest BCUT2D eigenvalue weighted by molar-refractivity contribution is 5.66. The topological polar surface area (TPSA) is 28.7 Å². The molecule has 13 heavy (non-hydrogen) atoms. The summed E-state index contributed by atoms with van der Waals surface area (Å²) in [5, 5.41) is 0. The fraction of sp³-hybridized carbons (Fsp3) is 0.364. The third kappa shape index (κ3) is 3.28. The van der Waals surface area contributed by atoms with E-state index >= 15 is 0 Å². The molecule has 1 aromatic heterocycles. The standard InChI is InChI=1S/C9H12N2.C2H6/c1-4-5-8-9(7(2)3)11-6-10-8;1-2/h4-6H,2H2,1,3H3,(H,10,11);1-2H3/b5-4-;. The van der Waals surface area contributed by atoms with Crippen molar-refractivity contribution < 1.29 is 0 Å². The number of nitrogens with one attached hydrogen (secondary N) is 1. The second-order valence-electron chi connectivity index (χ2n) is 2.45. The Bertz CT molecular complexity index is 282. The summed E-state index contributed by atoms with van der Waals surface area (Å²) in [5.74, 6) is 0. The Balaban J connectivity index is 0.000000671. The lowest BCUT2D eigenvalue weighted by Gasteiger charge is -1.93. The summed E-state index contributed by atoms with van der Waals surface area (Å²) in [6.45, 7) is 11.7. The second-order valence-corrected chi connectivity index (χ2v) is 2.45. The van der Waals surface area contributed by atoms with Crippen LogP contribution in [0.2, 0.25) is 0 Å². The zero-order valence-electron chi connectivity index (χ0n) is 8.89. The highest BCUT2D eigenvalue weighted by Crippen LogP contribution is 2.13. The van der Waals surface area contributed by atoms with Crippen molar-refractivity contribution in [3.63, 3.8) is 0 Å². The number of imidazole rings is 1. The van der Waals surface area contributed by atoms with Crippen LogP contribution < -0.4 is 0 Å². The minimum absolute atomic E-state index is 0.947. The molecular weight excluding hydrogens is 160 g/mol. The van der Waals surface area contributed by atoms with Crippen LogP contribution in [0, 0.1) is 0 Å². The van der Waals surface area contributed by atoms with Crippen molar-refractivity contribution in [3.05, 3.63) is 30.4 Å². The minimum Gasteiger partial charge on any atom is -0.345 e. The first-order chi connectivity index (χ1) is 6.25. The van der Waals surface area contributed by atoms with Crippen molar-refractivity contribution in [2.24, 2.45) is 0 Å². The lowest BCUT2D eigenvalue weighted by Crippen LogP contribution is -1.81. The molecule has 0 spiro atoms. The van der Waals surface area contributed by atoms with Crippen LogP contribution in [-0.4, -0.2) is 9.97 Å². The number of rotatable bonds is 2. The number of hydrogen-bond donors (Lipinski definition) is 1. The first-order valence-corrected chi connectivity index (χ1v) is 4.57. The van der Waals surface area contributed by atoms with Crippen molar-refractivity contribution in [3.8, 4) is 0 Å². The Morgan fingerprint density at radius 1 is 1.54 bits per heavy atom. The van der Waals surface area contributed by atoms with Gasteiger partial charge in [-0.05, 0) is 25.5 Å². The van der Waals surface area contributed by atoms with Crippen LogP contribution in [0.15, 0.2) is 19.0 Å². The molecule has 0 aliphatic heterocycles. The van der Waals surface area contributed by atoms with Gasteiger partial charge in [-0.15, -0.1) is 0 Å². The van der Waals surface area contributed by atoms with Gasteiger partial charge in [-0.1, -0.05) is 26.5 Å². The normalized spacial score (nSPS) is 9.54. The van der Waals surface area contributed by atoms with Crippen LogP contribution >= 0.6 is 0 Å². The Hall–Kier alpha value is -1.31. The monoisotopic (exact) mass is 178 g/mol. The molecule has 0 fully saturated rings. The van der Waals surface area contributed by atoms with E-state index in [0.717, 1.165) is 17.0 Å². The average Bonchev–Trinajstić information content (AvgIpc) is 2.57. The molecule has 0 atom stereocenters. The molecule has 0 bridgehead atoms. The van der Waals surface area contributed by atoms with Crippen LogP contribution in [0.4, 0.5) is 0 Å². The van der Waals surface area contributed by atoms with Gasteiger partial charge in [-0.25, -0.2) is 4.98 Å². The summed E-state index contributed by atoms with van der Waals surface area (Å²) < 4.78 is 0. The molecule has 0 saturated carbocycles. The smallest absolute Gasteiger partial charge is 0.0931 e. The number of aromatic amines is 1. The van der Waals surface area contributed by atoms with Gasteiger partial charge in [0.15, 0.2) is 0 Å². The summed E-state index contributed by atoms with van der Waals surface area (Å²) in [4.78, 5) is 7.16. The van der Waals surface area contributed by atoms with E-state index in [1.165, 1.54) is 0 Å². The molecule has 1 N–H and O–H groups in total. The van der Waals surface area contributed by atoms with Crippen LogP contribution in [0.1, 0.15) is 39.1 Å². The molecule has 0 aliphatic rings. The van der Waals surface area contributed by atoms with Crippen LogP contribution in [0.25, 0.3) is 11.6 Å². The summed E-state index contributed by atoms with van der Waals surface area (Å²) in [7, 11) is 0. The maximum Gasteiger partial charge on any atom is 0.0931 e. The molecule has 0 saturated heterocycles. The van der Waals surface area contributed by atoms with Crippen molar-refractivity contribution in [2.45, 2.75) is 27.7 Å². The fourth-order valence-electron chi connectivity index (χ4n) is 0.938. The molecule has 0 radical (unpaired) electrons. The third-order valence-corrected chi connectivity index (χ3v) is 1.41. The minimum atomic E-state index is 0.947. The van der Waals surface area contributed by atoms with Gasteiger partial charge in [0.1, 0.15) is 0 Å². The van der Waals surface area contributed by atoms with Crippen LogP contribution in [-0.2, 0) is 0 Å². The highest BCUT2D eigenvalue weighted by Gasteiger charge is 2.00. The number of hydrogen-bond acceptors (Lipinski definition) is 1. The maximum atomic E-state index is 4.13. The molecule has 1 heterocycles. The SMILES string of the molecule is C=C(C)c1nc[nH]c1/C=C\C.CC. The van der Waals surface area contributed by atoms with E-state index in [2.05, 4.69) is 16.5 Å². The van der Waals surface area contributed by atoms with Crippen LogP contribution in [0.3, 0.4) is 0 Å². The predicted octanol–water partition coefficient (Wildman–Crippen LogP) is 3.50. The lowest BCUT2D eigenvalue weighted by molar-refractivity contribution is 1.29. The first-order valence-electron chi connectivity index (χ1n) is 4.57. The molecule has 72 valence electrons. The third-order valence-electron chi connectivity index (χ3n) is 1.41. The van der Waals surface area contributed by atoms with Gasteiger partial charge in [-0.3, -0.25) is 0 Å². The van der Waals surface area contributed by atoms with E-state index in [4.69, 9.17) is 0 Å². The quantitative estimate of drug-likeness (QED) is 0.737. The van der Waals surface area contributed by atoms with Crippen molar-refractivity contribution in [1.82, 2.24) is 9.97 Å². The Morgan fingerprint density at radius 3 is 2.62 bits per heavy atom. The van der Waals surface area contributed by atoms with E-state index < -0.39 is 0 Å². The first kappa shape index (κ1) is 11.7. The Morgan fingerprint density at radius 2 is 2.15 bits per heavy atom. The van der Waals surface area contributed by atoms with Crippen molar-refractivity contribution in [1.29, 1.82) is 0 Å². The van der Waals surface area contributed by atoms with Gasteiger partial charge in [0.05, 0.1) is 17.7 Å². The molecule has 2 heteroatoms. The van der Waals surface area contributed by atoms with Gasteiger partial charge in [0.25, 0.3) is 0 Å². The second kappa shape index (κ2) is 6.23. The molecule has 1 aromatic rings. The maximum absolute atomic E-state index is 4.13. The van der Waals surface area contributed by atoms with E-state index in [1.54, 1.807) is 6.33 Å².